The molecule has 1 amide bonds. The summed E-state index contributed by atoms with van der Waals surface area (Å²) in [6, 6.07) is 11.9. The van der Waals surface area contributed by atoms with E-state index >= 15 is 0 Å². The zero-order valence-corrected chi connectivity index (χ0v) is 22.1. The van der Waals surface area contributed by atoms with E-state index in [1.807, 2.05) is 48.0 Å². The van der Waals surface area contributed by atoms with Gasteiger partial charge in [0.05, 0.1) is 21.6 Å². The zero-order valence-electron chi connectivity index (χ0n) is 20.5. The van der Waals surface area contributed by atoms with E-state index in [0.717, 1.165) is 43.5 Å². The number of carbonyl (C=O) groups is 1. The molecule has 4 aromatic heterocycles. The Morgan fingerprint density at radius 2 is 1.83 bits per heavy atom. The van der Waals surface area contributed by atoms with Gasteiger partial charge in [-0.3, -0.25) is 4.79 Å². The van der Waals surface area contributed by atoms with Crippen LogP contribution in [0.25, 0.3) is 26.1 Å². The van der Waals surface area contributed by atoms with Crippen molar-refractivity contribution in [3.63, 3.8) is 0 Å². The molecule has 0 atom stereocenters. The van der Waals surface area contributed by atoms with Crippen LogP contribution in [-0.4, -0.2) is 38.7 Å². The molecule has 0 saturated heterocycles. The quantitative estimate of drug-likeness (QED) is 0.266. The molecule has 35 heavy (non-hydrogen) atoms. The Morgan fingerprint density at radius 3 is 2.57 bits per heavy atom. The molecule has 4 heterocycles. The van der Waals surface area contributed by atoms with Crippen molar-refractivity contribution in [1.82, 2.24) is 25.1 Å². The van der Waals surface area contributed by atoms with E-state index in [9.17, 15) is 4.79 Å². The van der Waals surface area contributed by atoms with E-state index < -0.39 is 0 Å². The van der Waals surface area contributed by atoms with E-state index in [4.69, 9.17) is 9.97 Å². The van der Waals surface area contributed by atoms with Crippen LogP contribution < -0.4 is 10.6 Å². The molecule has 2 N–H and O–H groups in total. The first-order valence-corrected chi connectivity index (χ1v) is 13.3. The molecule has 0 radical (unpaired) electrons. The van der Waals surface area contributed by atoms with Gasteiger partial charge in [0.15, 0.2) is 0 Å². The van der Waals surface area contributed by atoms with Gasteiger partial charge in [-0.1, -0.05) is 32.0 Å². The van der Waals surface area contributed by atoms with Crippen molar-refractivity contribution in [3.8, 4) is 5.69 Å². The van der Waals surface area contributed by atoms with Crippen LogP contribution in [0.4, 0.5) is 5.82 Å². The molecule has 0 aliphatic heterocycles. The van der Waals surface area contributed by atoms with Crippen LogP contribution in [0.2, 0.25) is 0 Å². The highest BCUT2D eigenvalue weighted by Gasteiger charge is 2.18. The van der Waals surface area contributed by atoms with Gasteiger partial charge in [0.2, 0.25) is 0 Å². The molecule has 180 valence electrons. The minimum Gasteiger partial charge on any atom is -0.368 e. The predicted octanol–water partition coefficient (Wildman–Crippen LogP) is 5.98. The highest BCUT2D eigenvalue weighted by atomic mass is 32.1. The van der Waals surface area contributed by atoms with Crippen LogP contribution in [0.15, 0.2) is 36.4 Å². The number of nitrogens with one attached hydrogen (secondary N) is 2. The van der Waals surface area contributed by atoms with Crippen molar-refractivity contribution in [3.05, 3.63) is 63.2 Å². The molecular formula is C26H28N6OS2. The van der Waals surface area contributed by atoms with Crippen molar-refractivity contribution in [2.75, 3.05) is 18.4 Å². The maximum Gasteiger partial charge on any atom is 0.261 e. The Balaban J connectivity index is 1.29. The van der Waals surface area contributed by atoms with Crippen LogP contribution in [0.5, 0.6) is 0 Å². The number of anilines is 1. The Bertz CT molecular complexity index is 1530. The molecule has 0 spiro atoms. The van der Waals surface area contributed by atoms with Crippen molar-refractivity contribution in [1.29, 1.82) is 0 Å². The third kappa shape index (κ3) is 4.41. The Hall–Kier alpha value is -3.30. The van der Waals surface area contributed by atoms with Gasteiger partial charge in [0, 0.05) is 29.3 Å². The summed E-state index contributed by atoms with van der Waals surface area (Å²) >= 11 is 3.17. The van der Waals surface area contributed by atoms with Crippen LogP contribution >= 0.6 is 22.7 Å². The van der Waals surface area contributed by atoms with E-state index in [1.165, 1.54) is 21.8 Å². The first-order valence-electron chi connectivity index (χ1n) is 11.7. The van der Waals surface area contributed by atoms with Crippen LogP contribution in [-0.2, 0) is 0 Å². The highest BCUT2D eigenvalue weighted by Crippen LogP contribution is 2.34. The lowest BCUT2D eigenvalue weighted by molar-refractivity contribution is 0.0959. The van der Waals surface area contributed by atoms with Gasteiger partial charge in [-0.05, 0) is 44.5 Å². The Labute approximate surface area is 212 Å². The minimum absolute atomic E-state index is 0.0785. The van der Waals surface area contributed by atoms with Gasteiger partial charge in [-0.25, -0.2) is 14.6 Å². The van der Waals surface area contributed by atoms with E-state index in [2.05, 4.69) is 43.4 Å². The molecule has 0 aliphatic carbocycles. The van der Waals surface area contributed by atoms with Gasteiger partial charge >= 0.3 is 0 Å². The summed E-state index contributed by atoms with van der Waals surface area (Å²) in [5.41, 5.74) is 3.11. The summed E-state index contributed by atoms with van der Waals surface area (Å²) in [5, 5.41) is 13.2. The molecule has 0 saturated carbocycles. The third-order valence-corrected chi connectivity index (χ3v) is 8.25. The van der Waals surface area contributed by atoms with Gasteiger partial charge in [0.1, 0.15) is 21.3 Å². The fraction of sp³-hybridized carbons (Fsp3) is 0.308. The molecule has 1 aromatic carbocycles. The number of rotatable bonds is 7. The molecular weight excluding hydrogens is 476 g/mol. The van der Waals surface area contributed by atoms with Crippen molar-refractivity contribution in [2.24, 2.45) is 0 Å². The summed E-state index contributed by atoms with van der Waals surface area (Å²) in [6.07, 6.45) is 0. The second-order valence-corrected chi connectivity index (χ2v) is 11.1. The van der Waals surface area contributed by atoms with Gasteiger partial charge in [-0.15, -0.1) is 22.7 Å². The van der Waals surface area contributed by atoms with Gasteiger partial charge in [-0.2, -0.15) is 5.10 Å². The second kappa shape index (κ2) is 9.39. The minimum atomic E-state index is -0.0785. The fourth-order valence-electron chi connectivity index (χ4n) is 4.00. The smallest absolute Gasteiger partial charge is 0.261 e. The number of para-hydroxylation sites is 1. The zero-order chi connectivity index (χ0) is 24.7. The number of carbonyl (C=O) groups excluding carboxylic acids is 1. The SMILES string of the molecule is Cc1sc2nc(C(C)C)nc(NCCNC(=O)c3cc4c(C)nn(-c5ccccc5)c4s3)c2c1C. The standard InChI is InChI=1S/C26H28N6OS2/c1-14(2)22-29-23(21-15(3)17(5)34-25(21)30-22)27-11-12-28-24(33)20-13-19-16(4)31-32(26(19)35-20)18-9-7-6-8-10-18/h6-10,13-14H,11-12H2,1-5H3,(H,28,33)(H,27,29,30). The lowest BCUT2D eigenvalue weighted by Gasteiger charge is -2.11. The maximum absolute atomic E-state index is 12.9. The highest BCUT2D eigenvalue weighted by molar-refractivity contribution is 7.20. The number of aryl methyl sites for hydroxylation is 3. The third-order valence-electron chi connectivity index (χ3n) is 6.03. The molecule has 7 nitrogen and oxygen atoms in total. The van der Waals surface area contributed by atoms with Crippen molar-refractivity contribution < 1.29 is 4.79 Å². The van der Waals surface area contributed by atoms with Crippen LogP contribution in [0.3, 0.4) is 0 Å². The molecule has 0 unspecified atom stereocenters. The molecule has 5 rings (SSSR count). The van der Waals surface area contributed by atoms with Crippen LogP contribution in [0.1, 0.15) is 51.4 Å². The summed E-state index contributed by atoms with van der Waals surface area (Å²) in [5.74, 6) is 1.84. The Morgan fingerprint density at radius 1 is 1.06 bits per heavy atom. The lowest BCUT2D eigenvalue weighted by atomic mass is 10.1. The second-order valence-electron chi connectivity index (χ2n) is 8.89. The largest absolute Gasteiger partial charge is 0.368 e. The fourth-order valence-corrected chi connectivity index (χ4v) is 6.14. The maximum atomic E-state index is 12.9. The molecule has 0 aliphatic rings. The summed E-state index contributed by atoms with van der Waals surface area (Å²) in [4.78, 5) is 26.4. The predicted molar refractivity (Wildman–Crippen MR) is 145 cm³/mol. The Kier molecular flexibility index (Phi) is 6.29. The van der Waals surface area contributed by atoms with E-state index in [1.54, 1.807) is 11.3 Å². The molecule has 5 aromatic rings. The number of fused-ring (bicyclic) bond motifs is 2. The number of hydrogen-bond acceptors (Lipinski definition) is 7. The molecule has 0 fully saturated rings. The summed E-state index contributed by atoms with van der Waals surface area (Å²) < 4.78 is 1.91. The van der Waals surface area contributed by atoms with E-state index in [0.29, 0.717) is 18.0 Å². The van der Waals surface area contributed by atoms with Crippen molar-refractivity contribution >= 4 is 54.8 Å². The normalized spacial score (nSPS) is 11.6. The number of hydrogen-bond donors (Lipinski definition) is 2. The van der Waals surface area contributed by atoms with Crippen molar-refractivity contribution in [2.45, 2.75) is 40.5 Å². The monoisotopic (exact) mass is 504 g/mol. The topological polar surface area (TPSA) is 84.7 Å². The number of amides is 1. The van der Waals surface area contributed by atoms with Gasteiger partial charge < -0.3 is 10.6 Å². The van der Waals surface area contributed by atoms with Crippen LogP contribution in [0, 0.1) is 20.8 Å². The lowest BCUT2D eigenvalue weighted by Crippen LogP contribution is -2.28. The average molecular weight is 505 g/mol. The number of aromatic nitrogens is 4. The molecule has 9 heteroatoms. The summed E-state index contributed by atoms with van der Waals surface area (Å²) in [6.45, 7) is 11.5. The number of benzene rings is 1. The average Bonchev–Trinajstić information content (AvgIpc) is 3.50. The van der Waals surface area contributed by atoms with E-state index in [-0.39, 0.29) is 11.8 Å². The first kappa shape index (κ1) is 23.4. The van der Waals surface area contributed by atoms with Gasteiger partial charge in [0.25, 0.3) is 5.91 Å². The number of nitrogens with zero attached hydrogens (tertiary/aromatic N) is 4. The molecule has 0 bridgehead atoms. The summed E-state index contributed by atoms with van der Waals surface area (Å²) in [7, 11) is 0. The number of thiophene rings is 2. The first-order chi connectivity index (χ1) is 16.8.